The fourth-order valence-electron chi connectivity index (χ4n) is 5.32. The van der Waals surface area contributed by atoms with Gasteiger partial charge in [0.1, 0.15) is 17.0 Å². The number of aryl methyl sites for hydroxylation is 1. The fourth-order valence-corrected chi connectivity index (χ4v) is 5.32. The molecular weight excluding hydrogens is 501 g/mol. The van der Waals surface area contributed by atoms with Crippen LogP contribution in [0.2, 0.25) is 0 Å². The van der Waals surface area contributed by atoms with E-state index >= 15 is 0 Å². The number of nitrogens with one attached hydrogen (secondary N) is 2. The lowest BCUT2D eigenvalue weighted by atomic mass is 10.0. The van der Waals surface area contributed by atoms with Gasteiger partial charge in [-0.15, -0.1) is 0 Å². The first kappa shape index (κ1) is 25.8. The third-order valence-corrected chi connectivity index (χ3v) is 7.51. The van der Waals surface area contributed by atoms with E-state index in [0.717, 1.165) is 57.7 Å². The van der Waals surface area contributed by atoms with Crippen LogP contribution in [-0.2, 0) is 6.42 Å². The number of halogens is 1. The maximum atomic E-state index is 14.7. The van der Waals surface area contributed by atoms with Crippen molar-refractivity contribution in [3.8, 4) is 22.8 Å². The van der Waals surface area contributed by atoms with Crippen molar-refractivity contribution >= 4 is 29.3 Å². The van der Waals surface area contributed by atoms with E-state index in [0.29, 0.717) is 22.7 Å². The molecule has 7 nitrogen and oxygen atoms in total. The number of H-pyrrole nitrogens is 2. The minimum atomic E-state index is -0.259. The van der Waals surface area contributed by atoms with Crippen molar-refractivity contribution in [2.75, 3.05) is 19.6 Å². The van der Waals surface area contributed by atoms with Gasteiger partial charge in [0.25, 0.3) is 0 Å². The van der Waals surface area contributed by atoms with Crippen molar-refractivity contribution in [2.24, 2.45) is 0 Å². The molecule has 1 fully saturated rings. The topological polar surface area (TPSA) is 86.4 Å². The predicted molar refractivity (Wildman–Crippen MR) is 158 cm³/mol. The third kappa shape index (κ3) is 5.49. The van der Waals surface area contributed by atoms with E-state index in [4.69, 9.17) is 4.98 Å². The van der Waals surface area contributed by atoms with E-state index < -0.39 is 0 Å². The number of pyridine rings is 2. The normalized spacial score (nSPS) is 14.9. The summed E-state index contributed by atoms with van der Waals surface area (Å²) in [5.74, 6) is 0.325. The molecule has 5 aromatic rings. The third-order valence-electron chi connectivity index (χ3n) is 7.51. The van der Waals surface area contributed by atoms with Gasteiger partial charge in [-0.25, -0.2) is 9.37 Å². The second-order valence-electron chi connectivity index (χ2n) is 10.4. The minimum absolute atomic E-state index is 0.259. The maximum Gasteiger partial charge on any atom is 0.159 e. The molecule has 0 aliphatic carbocycles. The van der Waals surface area contributed by atoms with Gasteiger partial charge >= 0.3 is 0 Å². The van der Waals surface area contributed by atoms with E-state index in [-0.39, 0.29) is 5.82 Å². The largest absolute Gasteiger partial charge is 0.336 e. The van der Waals surface area contributed by atoms with Crippen molar-refractivity contribution in [1.82, 2.24) is 35.0 Å². The molecular formula is C32H32FN7. The molecule has 202 valence electrons. The Morgan fingerprint density at radius 3 is 2.83 bits per heavy atom. The van der Waals surface area contributed by atoms with Crippen LogP contribution in [0.15, 0.2) is 61.1 Å². The molecule has 1 aliphatic rings. The molecule has 0 bridgehead atoms. The van der Waals surface area contributed by atoms with Crippen molar-refractivity contribution in [3.63, 3.8) is 0 Å². The molecule has 6 rings (SSSR count). The number of imidazole rings is 1. The van der Waals surface area contributed by atoms with E-state index in [1.807, 2.05) is 49.5 Å². The Bertz CT molecular complexity index is 1780. The number of likely N-dealkylation sites (tertiary alicyclic amines) is 1. The number of allylic oxidation sites excluding steroid dienone is 2. The van der Waals surface area contributed by atoms with Crippen molar-refractivity contribution in [3.05, 3.63) is 88.6 Å². The lowest BCUT2D eigenvalue weighted by Gasteiger charge is -2.14. The molecule has 8 heteroatoms. The second-order valence-corrected chi connectivity index (χ2v) is 10.4. The van der Waals surface area contributed by atoms with Gasteiger partial charge in [0.2, 0.25) is 0 Å². The molecule has 1 aliphatic heterocycles. The molecule has 0 unspecified atom stereocenters. The molecule has 40 heavy (non-hydrogen) atoms. The predicted octanol–water partition coefficient (Wildman–Crippen LogP) is 4.87. The lowest BCUT2D eigenvalue weighted by molar-refractivity contribution is 0.334. The Balaban J connectivity index is 1.28. The number of hydrogen-bond donors (Lipinski definition) is 2. The molecule has 1 aromatic carbocycles. The second kappa shape index (κ2) is 11.4. The summed E-state index contributed by atoms with van der Waals surface area (Å²) < 4.78 is 14.7. The van der Waals surface area contributed by atoms with Crippen molar-refractivity contribution in [2.45, 2.75) is 32.6 Å². The maximum absolute atomic E-state index is 14.7. The van der Waals surface area contributed by atoms with Crippen molar-refractivity contribution in [1.29, 1.82) is 0 Å². The first-order valence-corrected chi connectivity index (χ1v) is 13.7. The summed E-state index contributed by atoms with van der Waals surface area (Å²) in [6.45, 7) is 9.68. The summed E-state index contributed by atoms with van der Waals surface area (Å²) in [7, 11) is 0. The number of benzene rings is 1. The zero-order valence-corrected chi connectivity index (χ0v) is 22.6. The number of aromatic amines is 2. The number of hydrogen-bond acceptors (Lipinski definition) is 5. The SMILES string of the molecule is C=c1c(-c2nc3c(-c4cc(F)cc(CCCN5CCCC5)c4)nccc3[nH]2)n[nH]/c1=C/C=C(\C)c1cccnc1. The molecule has 0 saturated carbocycles. The zero-order valence-electron chi connectivity index (χ0n) is 22.6. The lowest BCUT2D eigenvalue weighted by Crippen LogP contribution is -2.21. The Morgan fingerprint density at radius 2 is 2.00 bits per heavy atom. The highest BCUT2D eigenvalue weighted by atomic mass is 19.1. The van der Waals surface area contributed by atoms with E-state index in [9.17, 15) is 4.39 Å². The molecule has 5 heterocycles. The Kier molecular flexibility index (Phi) is 7.33. The van der Waals surface area contributed by atoms with Crippen LogP contribution in [0.1, 0.15) is 37.3 Å². The van der Waals surface area contributed by atoms with Gasteiger partial charge in [0.05, 0.1) is 16.6 Å². The van der Waals surface area contributed by atoms with E-state index in [2.05, 4.69) is 36.6 Å². The number of rotatable bonds is 8. The standard InChI is InChI=1S/C32H32FN7/c1-21(24-8-5-12-34-20-24)9-10-27-22(2)29(39-38-27)32-36-28-11-13-35-30(31(28)37-32)25-17-23(18-26(33)19-25)7-6-16-40-14-3-4-15-40/h5,8-13,17-20,38H,2-4,6-7,14-16H2,1H3,(H,36,37)/b21-9+,27-10+. The molecule has 0 atom stereocenters. The summed E-state index contributed by atoms with van der Waals surface area (Å²) in [5.41, 5.74) is 6.58. The average Bonchev–Trinajstić information content (AvgIpc) is 3.72. The van der Waals surface area contributed by atoms with Crippen LogP contribution in [0, 0.1) is 5.82 Å². The number of nitrogens with zero attached hydrogens (tertiary/aromatic N) is 5. The Morgan fingerprint density at radius 1 is 1.12 bits per heavy atom. The van der Waals surface area contributed by atoms with Gasteiger partial charge in [0.15, 0.2) is 5.82 Å². The molecule has 1 saturated heterocycles. The highest BCUT2D eigenvalue weighted by molar-refractivity contribution is 5.91. The van der Waals surface area contributed by atoms with Crippen LogP contribution in [0.5, 0.6) is 0 Å². The van der Waals surface area contributed by atoms with Crippen LogP contribution < -0.4 is 10.6 Å². The zero-order chi connectivity index (χ0) is 27.5. The summed E-state index contributed by atoms with van der Waals surface area (Å²) in [6, 6.07) is 11.0. The summed E-state index contributed by atoms with van der Waals surface area (Å²) in [5, 5.41) is 9.08. The number of fused-ring (bicyclic) bond motifs is 1. The quantitative estimate of drug-likeness (QED) is 0.297. The molecule has 2 N–H and O–H groups in total. The minimum Gasteiger partial charge on any atom is -0.336 e. The van der Waals surface area contributed by atoms with Crippen LogP contribution in [0.25, 0.3) is 52.0 Å². The highest BCUT2D eigenvalue weighted by Gasteiger charge is 2.16. The fraction of sp³-hybridized carbons (Fsp3) is 0.250. The Labute approximate surface area is 232 Å². The summed E-state index contributed by atoms with van der Waals surface area (Å²) >= 11 is 0. The smallest absolute Gasteiger partial charge is 0.159 e. The first-order chi connectivity index (χ1) is 19.5. The van der Waals surface area contributed by atoms with Crippen molar-refractivity contribution < 1.29 is 4.39 Å². The molecule has 0 radical (unpaired) electrons. The summed E-state index contributed by atoms with van der Waals surface area (Å²) in [4.78, 5) is 19.5. The van der Waals surface area contributed by atoms with Gasteiger partial charge < -0.3 is 9.88 Å². The van der Waals surface area contributed by atoms with Crippen LogP contribution in [0.4, 0.5) is 4.39 Å². The van der Waals surface area contributed by atoms with Crippen LogP contribution >= 0.6 is 0 Å². The molecule has 0 amide bonds. The first-order valence-electron chi connectivity index (χ1n) is 13.7. The van der Waals surface area contributed by atoms with E-state index in [1.54, 1.807) is 18.5 Å². The van der Waals surface area contributed by atoms with E-state index in [1.165, 1.54) is 32.0 Å². The number of aromatic nitrogens is 6. The van der Waals surface area contributed by atoms with Gasteiger partial charge in [-0.3, -0.25) is 15.1 Å². The average molecular weight is 534 g/mol. The highest BCUT2D eigenvalue weighted by Crippen LogP contribution is 2.28. The van der Waals surface area contributed by atoms with Gasteiger partial charge in [-0.05, 0) is 105 Å². The monoisotopic (exact) mass is 533 g/mol. The van der Waals surface area contributed by atoms with Gasteiger partial charge in [-0.1, -0.05) is 18.7 Å². The van der Waals surface area contributed by atoms with Crippen LogP contribution in [0.3, 0.4) is 0 Å². The van der Waals surface area contributed by atoms with Crippen LogP contribution in [-0.4, -0.2) is 54.7 Å². The molecule has 0 spiro atoms. The van der Waals surface area contributed by atoms with Gasteiger partial charge in [0, 0.05) is 29.4 Å². The molecule has 4 aromatic heterocycles. The van der Waals surface area contributed by atoms with Gasteiger partial charge in [-0.2, -0.15) is 5.10 Å². The Hall–Kier alpha value is -4.43. The summed E-state index contributed by atoms with van der Waals surface area (Å²) in [6.07, 6.45) is 13.7.